The van der Waals surface area contributed by atoms with Crippen molar-refractivity contribution >= 4 is 17.7 Å². The van der Waals surface area contributed by atoms with Crippen LogP contribution in [-0.2, 0) is 4.79 Å². The molecule has 0 bridgehead atoms. The third-order valence-corrected chi connectivity index (χ3v) is 4.06. The lowest BCUT2D eigenvalue weighted by Crippen LogP contribution is -2.40. The highest BCUT2D eigenvalue weighted by Crippen LogP contribution is 2.22. The average molecular weight is 296 g/mol. The van der Waals surface area contributed by atoms with E-state index in [9.17, 15) is 4.79 Å². The van der Waals surface area contributed by atoms with E-state index in [4.69, 9.17) is 10.5 Å². The molecule has 0 aliphatic carbocycles. The van der Waals surface area contributed by atoms with E-state index in [0.29, 0.717) is 18.8 Å². The van der Waals surface area contributed by atoms with Gasteiger partial charge in [0.25, 0.3) is 0 Å². The Kier molecular flexibility index (Phi) is 6.36. The molecule has 1 aromatic rings. The van der Waals surface area contributed by atoms with Crippen molar-refractivity contribution in [3.05, 3.63) is 24.3 Å². The molecule has 2 N–H and O–H groups in total. The van der Waals surface area contributed by atoms with Gasteiger partial charge in [0.15, 0.2) is 0 Å². The number of nitrogens with zero attached hydrogens (tertiary/aromatic N) is 1. The number of methoxy groups -OCH3 is 1. The number of hydrogen-bond acceptors (Lipinski definition) is 4. The summed E-state index contributed by atoms with van der Waals surface area (Å²) in [6.45, 7) is 5.36. The molecule has 0 fully saturated rings. The minimum absolute atomic E-state index is 0.0464. The van der Waals surface area contributed by atoms with Gasteiger partial charge in [0.1, 0.15) is 5.75 Å². The third-order valence-electron chi connectivity index (χ3n) is 3.07. The molecule has 0 saturated heterocycles. The van der Waals surface area contributed by atoms with Crippen molar-refractivity contribution in [3.8, 4) is 5.75 Å². The number of carbonyl (C=O) groups is 1. The van der Waals surface area contributed by atoms with E-state index < -0.39 is 0 Å². The van der Waals surface area contributed by atoms with E-state index >= 15 is 0 Å². The maximum Gasteiger partial charge on any atom is 0.232 e. The number of benzene rings is 1. The minimum atomic E-state index is -0.0464. The van der Waals surface area contributed by atoms with Gasteiger partial charge in [-0.05, 0) is 36.2 Å². The van der Waals surface area contributed by atoms with Gasteiger partial charge in [-0.2, -0.15) is 0 Å². The Labute approximate surface area is 125 Å². The Hall–Kier alpha value is -1.20. The summed E-state index contributed by atoms with van der Waals surface area (Å²) in [5.41, 5.74) is 5.65. The number of thioether (sulfide) groups is 1. The van der Waals surface area contributed by atoms with Crippen molar-refractivity contribution in [2.75, 3.05) is 33.0 Å². The number of hydrogen-bond donors (Lipinski definition) is 1. The summed E-state index contributed by atoms with van der Waals surface area (Å²) in [5.74, 6) is 1.37. The molecule has 4 nitrogen and oxygen atoms in total. The van der Waals surface area contributed by atoms with Crippen molar-refractivity contribution in [3.63, 3.8) is 0 Å². The standard InChI is InChI=1S/C15H24N2O2S/c1-15(2,10-16)11-17(3)14(18)9-20-13-7-5-12(19-4)6-8-13/h5-8H,9-11,16H2,1-4H3. The molecule has 0 radical (unpaired) electrons. The van der Waals surface area contributed by atoms with E-state index in [1.165, 1.54) is 11.8 Å². The van der Waals surface area contributed by atoms with Gasteiger partial charge in [0.05, 0.1) is 12.9 Å². The highest BCUT2D eigenvalue weighted by Gasteiger charge is 2.20. The average Bonchev–Trinajstić information content (AvgIpc) is 2.44. The maximum atomic E-state index is 12.1. The number of nitrogens with two attached hydrogens (primary N) is 1. The van der Waals surface area contributed by atoms with Gasteiger partial charge in [-0.1, -0.05) is 13.8 Å². The largest absolute Gasteiger partial charge is 0.497 e. The molecule has 1 rings (SSSR count). The second-order valence-electron chi connectivity index (χ2n) is 5.58. The lowest BCUT2D eigenvalue weighted by Gasteiger charge is -2.29. The fourth-order valence-corrected chi connectivity index (χ4v) is 2.56. The smallest absolute Gasteiger partial charge is 0.232 e. The van der Waals surface area contributed by atoms with Gasteiger partial charge in [0.2, 0.25) is 5.91 Å². The van der Waals surface area contributed by atoms with Crippen LogP contribution in [0.4, 0.5) is 0 Å². The van der Waals surface area contributed by atoms with Crippen LogP contribution < -0.4 is 10.5 Å². The second kappa shape index (κ2) is 7.55. The van der Waals surface area contributed by atoms with E-state index in [1.54, 1.807) is 12.0 Å². The van der Waals surface area contributed by atoms with Crippen molar-refractivity contribution in [1.29, 1.82) is 0 Å². The van der Waals surface area contributed by atoms with Crippen molar-refractivity contribution in [1.82, 2.24) is 4.90 Å². The molecule has 20 heavy (non-hydrogen) atoms. The Morgan fingerprint density at radius 2 is 1.95 bits per heavy atom. The maximum absolute atomic E-state index is 12.1. The van der Waals surface area contributed by atoms with Crippen LogP contribution in [0.3, 0.4) is 0 Å². The van der Waals surface area contributed by atoms with Gasteiger partial charge in [0, 0.05) is 18.5 Å². The molecule has 5 heteroatoms. The summed E-state index contributed by atoms with van der Waals surface area (Å²) < 4.78 is 5.10. The van der Waals surface area contributed by atoms with Crippen LogP contribution in [0.2, 0.25) is 0 Å². The first-order chi connectivity index (χ1) is 9.38. The Balaban J connectivity index is 2.45. The van der Waals surface area contributed by atoms with Gasteiger partial charge in [-0.3, -0.25) is 4.79 Å². The van der Waals surface area contributed by atoms with Crippen molar-refractivity contribution < 1.29 is 9.53 Å². The third kappa shape index (κ3) is 5.43. The van der Waals surface area contributed by atoms with Gasteiger partial charge in [-0.15, -0.1) is 11.8 Å². The topological polar surface area (TPSA) is 55.6 Å². The summed E-state index contributed by atoms with van der Waals surface area (Å²) in [6.07, 6.45) is 0. The van der Waals surface area contributed by atoms with Crippen LogP contribution in [-0.4, -0.2) is 43.8 Å². The molecule has 0 spiro atoms. The number of rotatable bonds is 7. The molecule has 0 aliphatic heterocycles. The van der Waals surface area contributed by atoms with Crippen LogP contribution in [0.1, 0.15) is 13.8 Å². The highest BCUT2D eigenvalue weighted by atomic mass is 32.2. The second-order valence-corrected chi connectivity index (χ2v) is 6.63. The van der Waals surface area contributed by atoms with Crippen molar-refractivity contribution in [2.24, 2.45) is 11.1 Å². The first kappa shape index (κ1) is 16.9. The summed E-state index contributed by atoms with van der Waals surface area (Å²) >= 11 is 1.53. The Morgan fingerprint density at radius 3 is 2.45 bits per heavy atom. The van der Waals surface area contributed by atoms with Crippen LogP contribution in [0, 0.1) is 5.41 Å². The van der Waals surface area contributed by atoms with Crippen molar-refractivity contribution in [2.45, 2.75) is 18.7 Å². The van der Waals surface area contributed by atoms with Gasteiger partial charge in [-0.25, -0.2) is 0 Å². The summed E-state index contributed by atoms with van der Waals surface area (Å²) in [7, 11) is 3.47. The molecule has 0 atom stereocenters. The van der Waals surface area contributed by atoms with E-state index in [0.717, 1.165) is 10.6 Å². The molecule has 0 heterocycles. The van der Waals surface area contributed by atoms with Crippen LogP contribution >= 0.6 is 11.8 Å². The number of amides is 1. The molecule has 0 aliphatic rings. The van der Waals surface area contributed by atoms with Crippen LogP contribution in [0.25, 0.3) is 0 Å². The highest BCUT2D eigenvalue weighted by molar-refractivity contribution is 8.00. The lowest BCUT2D eigenvalue weighted by atomic mass is 9.93. The van der Waals surface area contributed by atoms with Gasteiger partial charge < -0.3 is 15.4 Å². The van der Waals surface area contributed by atoms with E-state index in [-0.39, 0.29) is 11.3 Å². The first-order valence-corrected chi connectivity index (χ1v) is 7.57. The summed E-state index contributed by atoms with van der Waals surface area (Å²) in [6, 6.07) is 7.71. The monoisotopic (exact) mass is 296 g/mol. The van der Waals surface area contributed by atoms with E-state index in [1.807, 2.05) is 31.3 Å². The molecular weight excluding hydrogens is 272 g/mol. The van der Waals surface area contributed by atoms with Gasteiger partial charge >= 0.3 is 0 Å². The molecule has 0 aromatic heterocycles. The minimum Gasteiger partial charge on any atom is -0.497 e. The zero-order chi connectivity index (χ0) is 15.2. The molecule has 112 valence electrons. The fourth-order valence-electron chi connectivity index (χ4n) is 1.72. The van der Waals surface area contributed by atoms with E-state index in [2.05, 4.69) is 13.8 Å². The van der Waals surface area contributed by atoms with Crippen LogP contribution in [0.5, 0.6) is 5.75 Å². The van der Waals surface area contributed by atoms with Crippen LogP contribution in [0.15, 0.2) is 29.2 Å². The zero-order valence-corrected chi connectivity index (χ0v) is 13.5. The Morgan fingerprint density at radius 1 is 1.35 bits per heavy atom. The SMILES string of the molecule is COc1ccc(SCC(=O)N(C)CC(C)(C)CN)cc1. The quantitative estimate of drug-likeness (QED) is 0.784. The zero-order valence-electron chi connectivity index (χ0n) is 12.7. The first-order valence-electron chi connectivity index (χ1n) is 6.59. The number of carbonyl (C=O) groups excluding carboxylic acids is 1. The lowest BCUT2D eigenvalue weighted by molar-refractivity contribution is -0.128. The molecule has 1 aromatic carbocycles. The fraction of sp³-hybridized carbons (Fsp3) is 0.533. The predicted molar refractivity (Wildman–Crippen MR) is 84.2 cm³/mol. The summed E-state index contributed by atoms with van der Waals surface area (Å²) in [5, 5.41) is 0. The molecule has 0 unspecified atom stereocenters. The number of ether oxygens (including phenoxy) is 1. The Bertz CT molecular complexity index is 432. The molecule has 0 saturated carbocycles. The molecular formula is C15H24N2O2S. The predicted octanol–water partition coefficient (Wildman–Crippen LogP) is 2.23. The normalized spacial score (nSPS) is 11.2. The molecule has 1 amide bonds. The summed E-state index contributed by atoms with van der Waals surface area (Å²) in [4.78, 5) is 14.9.